The molecular formula is C86H120I2N8O4. The van der Waals surface area contributed by atoms with E-state index in [1.807, 2.05) is 0 Å². The highest BCUT2D eigenvalue weighted by atomic mass is 127. The van der Waals surface area contributed by atoms with Gasteiger partial charge in [0.2, 0.25) is 0 Å². The van der Waals surface area contributed by atoms with Crippen molar-refractivity contribution in [3.05, 3.63) is 67.8 Å². The minimum absolute atomic E-state index is 0.542. The van der Waals surface area contributed by atoms with Gasteiger partial charge >= 0.3 is 0 Å². The standard InChI is InChI=1S/C86H120I2N8O4/c1-5-9-13-17-21-25-29-33-37-41-45-53-85(54-46-42-38-34-30-26-22-18-14-10-6-2)97-73-59-69-71(61-75(73)99-85)83-93-79-67-57-63(87)50-52-66(67)78(90-79)92-82-70-60-74-76(62-72(70)84(96-82)94-80-68-58-64(88)49-51-65(68)77(89-80)91-81(69)95-83)100-86(98-74,55-47-43-39-35-31-27-23-19-15-11-7-3)56-48-44-40-36-32-28-24-20-16-12-8-4/h49-52,57-62H,5-48,53-56H2,1-4H3,(H2,89,90,91,92,93,94,95,96). The Labute approximate surface area is 627 Å². The van der Waals surface area contributed by atoms with Gasteiger partial charge in [0.15, 0.2) is 46.3 Å². The summed E-state index contributed by atoms with van der Waals surface area (Å²) < 4.78 is 31.1. The van der Waals surface area contributed by atoms with Crippen LogP contribution in [0.5, 0.6) is 23.0 Å². The molecule has 0 radical (unpaired) electrons. The maximum Gasteiger partial charge on any atom is 0.251 e. The molecule has 542 valence electrons. The van der Waals surface area contributed by atoms with Crippen molar-refractivity contribution >= 4 is 89.3 Å². The van der Waals surface area contributed by atoms with Gasteiger partial charge in [-0.1, -0.05) is 285 Å². The van der Waals surface area contributed by atoms with E-state index in [1.165, 1.54) is 257 Å². The quantitative estimate of drug-likeness (QED) is 0.0279. The lowest BCUT2D eigenvalue weighted by atomic mass is 9.98. The Kier molecular flexibility index (Phi) is 30.2. The molecule has 4 aliphatic heterocycles. The lowest BCUT2D eigenvalue weighted by molar-refractivity contribution is -0.0953. The van der Waals surface area contributed by atoms with Crippen molar-refractivity contribution in [3.63, 3.8) is 0 Å². The molecule has 0 saturated carbocycles. The molecule has 0 saturated heterocycles. The molecule has 12 nitrogen and oxygen atoms in total. The van der Waals surface area contributed by atoms with Gasteiger partial charge in [-0.3, -0.25) is 0 Å². The summed E-state index contributed by atoms with van der Waals surface area (Å²) in [6, 6.07) is 21.4. The molecule has 100 heavy (non-hydrogen) atoms. The molecule has 0 amide bonds. The fourth-order valence-electron chi connectivity index (χ4n) is 15.8. The van der Waals surface area contributed by atoms with E-state index >= 15 is 0 Å². The topological polar surface area (TPSA) is 146 Å². The van der Waals surface area contributed by atoms with Crippen LogP contribution in [0.2, 0.25) is 0 Å². The van der Waals surface area contributed by atoms with Crippen LogP contribution in [-0.2, 0) is 0 Å². The van der Waals surface area contributed by atoms with Gasteiger partial charge in [-0.15, -0.1) is 0 Å². The molecule has 3 aromatic heterocycles. The second kappa shape index (κ2) is 39.7. The van der Waals surface area contributed by atoms with E-state index in [1.54, 1.807) is 0 Å². The van der Waals surface area contributed by atoms with E-state index in [0.717, 1.165) is 125 Å². The van der Waals surface area contributed by atoms with Crippen LogP contribution in [0.25, 0.3) is 89.7 Å². The molecule has 0 atom stereocenters. The van der Waals surface area contributed by atoms with Crippen molar-refractivity contribution < 1.29 is 18.9 Å². The van der Waals surface area contributed by atoms with Gasteiger partial charge in [0.1, 0.15) is 22.6 Å². The number of benzene rings is 4. The van der Waals surface area contributed by atoms with Crippen LogP contribution in [0.4, 0.5) is 0 Å². The molecular weight excluding hydrogens is 1460 g/mol. The van der Waals surface area contributed by atoms with Gasteiger partial charge in [0, 0.05) is 76.6 Å². The third kappa shape index (κ3) is 21.1. The fourth-order valence-corrected chi connectivity index (χ4v) is 16.8. The summed E-state index contributed by atoms with van der Waals surface area (Å²) in [6.07, 6.45) is 60.5. The summed E-state index contributed by atoms with van der Waals surface area (Å²) in [5.41, 5.74) is 6.00. The highest BCUT2D eigenvalue weighted by Gasteiger charge is 2.44. The summed E-state index contributed by atoms with van der Waals surface area (Å²) in [4.78, 5) is 40.1. The Morgan fingerprint density at radius 3 is 0.700 bits per heavy atom. The predicted molar refractivity (Wildman–Crippen MR) is 434 cm³/mol. The average Bonchev–Trinajstić information content (AvgIpc) is 1.59. The Bertz CT molecular complexity index is 3580. The third-order valence-electron chi connectivity index (χ3n) is 21.7. The van der Waals surface area contributed by atoms with Crippen LogP contribution in [0.15, 0.2) is 60.7 Å². The number of hydrogen-bond acceptors (Lipinski definition) is 10. The van der Waals surface area contributed by atoms with E-state index in [9.17, 15) is 0 Å². The minimum Gasteiger partial charge on any atom is -0.448 e. The van der Waals surface area contributed by atoms with Crippen LogP contribution in [0, 0.1) is 7.14 Å². The SMILES string of the molecule is CCCCCCCCCCCCCC1(CCCCCCCCCCCCC)Oc2cc3c(cc2O1)-c1nc-3nc2[nH]c(nc3nc(nc4[nH]c(n1)c1cc(I)ccc41)-c1cc4c(cc1-3)OC(CCCCCCCCCCCCC)(CCCCCCCCCCCCC)O4)c1cc(I)ccc21. The van der Waals surface area contributed by atoms with Crippen LogP contribution in [0.1, 0.15) is 336 Å². The molecule has 4 aliphatic rings. The van der Waals surface area contributed by atoms with Crippen LogP contribution in [0.3, 0.4) is 0 Å². The third-order valence-corrected chi connectivity index (χ3v) is 23.1. The summed E-state index contributed by atoms with van der Waals surface area (Å²) in [6.45, 7) is 9.20. The van der Waals surface area contributed by atoms with Gasteiger partial charge in [0.05, 0.1) is 0 Å². The molecule has 14 heteroatoms. The molecule has 0 fully saturated rings. The molecule has 11 rings (SSSR count). The number of nitrogens with one attached hydrogen (secondary N) is 2. The Morgan fingerprint density at radius 2 is 0.470 bits per heavy atom. The second-order valence-corrected chi connectivity index (χ2v) is 32.5. The van der Waals surface area contributed by atoms with Crippen LogP contribution < -0.4 is 18.9 Å². The molecule has 0 unspecified atom stereocenters. The molecule has 0 spiro atoms. The number of hydrogen-bond donors (Lipinski definition) is 2. The number of fused-ring (bicyclic) bond motifs is 22. The highest BCUT2D eigenvalue weighted by molar-refractivity contribution is 14.1. The maximum absolute atomic E-state index is 7.23. The molecule has 7 aromatic rings. The monoisotopic (exact) mass is 1580 g/mol. The first kappa shape index (κ1) is 76.0. The fraction of sp³-hybridized carbons (Fsp3) is 0.628. The number of aromatic nitrogens is 8. The smallest absolute Gasteiger partial charge is 0.251 e. The average molecular weight is 1580 g/mol. The van der Waals surface area contributed by atoms with E-state index in [0.29, 0.717) is 45.9 Å². The van der Waals surface area contributed by atoms with Crippen molar-refractivity contribution in [1.29, 1.82) is 0 Å². The van der Waals surface area contributed by atoms with Crippen molar-refractivity contribution in [2.45, 2.75) is 347 Å². The minimum atomic E-state index is -0.737. The molecule has 7 heterocycles. The summed E-state index contributed by atoms with van der Waals surface area (Å²) in [5.74, 6) is 3.67. The summed E-state index contributed by atoms with van der Waals surface area (Å²) in [7, 11) is 0. The van der Waals surface area contributed by atoms with Gasteiger partial charge in [-0.2, -0.15) is 0 Å². The maximum atomic E-state index is 7.23. The first-order chi connectivity index (χ1) is 49.2. The van der Waals surface area contributed by atoms with E-state index in [-0.39, 0.29) is 0 Å². The molecule has 4 aromatic carbocycles. The van der Waals surface area contributed by atoms with Gasteiger partial charge in [-0.25, -0.2) is 29.9 Å². The number of unbranched alkanes of at least 4 members (excludes halogenated alkanes) is 40. The second-order valence-electron chi connectivity index (χ2n) is 30.1. The molecule has 8 bridgehead atoms. The first-order valence-electron chi connectivity index (χ1n) is 40.7. The highest BCUT2D eigenvalue weighted by Crippen LogP contribution is 2.52. The van der Waals surface area contributed by atoms with E-state index < -0.39 is 11.6 Å². The molecule has 0 aliphatic carbocycles. The van der Waals surface area contributed by atoms with Crippen LogP contribution >= 0.6 is 45.2 Å². The Hall–Kier alpha value is -5.10. The van der Waals surface area contributed by atoms with Crippen molar-refractivity contribution in [2.75, 3.05) is 0 Å². The lowest BCUT2D eigenvalue weighted by Gasteiger charge is -2.28. The van der Waals surface area contributed by atoms with Gasteiger partial charge < -0.3 is 28.9 Å². The number of H-pyrrole nitrogens is 2. The van der Waals surface area contributed by atoms with Crippen molar-refractivity contribution in [2.24, 2.45) is 0 Å². The summed E-state index contributed by atoms with van der Waals surface area (Å²) in [5, 5.41) is 3.73. The first-order valence-corrected chi connectivity index (χ1v) is 42.9. The van der Waals surface area contributed by atoms with Gasteiger partial charge in [-0.05, 0) is 132 Å². The number of halogens is 2. The zero-order chi connectivity index (χ0) is 69.2. The normalized spacial score (nSPS) is 13.9. The van der Waals surface area contributed by atoms with E-state index in [2.05, 4.69) is 144 Å². The van der Waals surface area contributed by atoms with Crippen molar-refractivity contribution in [1.82, 2.24) is 39.9 Å². The zero-order valence-corrected chi connectivity index (χ0v) is 66.1. The predicted octanol–water partition coefficient (Wildman–Crippen LogP) is 27.8. The zero-order valence-electron chi connectivity index (χ0n) is 61.8. The summed E-state index contributed by atoms with van der Waals surface area (Å²) >= 11 is 4.80. The lowest BCUT2D eigenvalue weighted by Crippen LogP contribution is -2.38. The number of rotatable bonds is 48. The Balaban J connectivity index is 0.898. The van der Waals surface area contributed by atoms with Crippen LogP contribution in [-0.4, -0.2) is 51.4 Å². The molecule has 2 N–H and O–H groups in total. The van der Waals surface area contributed by atoms with Crippen molar-refractivity contribution in [3.8, 4) is 68.5 Å². The number of ether oxygens (including phenoxy) is 4. The largest absolute Gasteiger partial charge is 0.448 e. The number of nitrogens with zero attached hydrogens (tertiary/aromatic N) is 6. The number of aromatic amines is 2. The Morgan fingerprint density at radius 1 is 0.260 bits per heavy atom. The van der Waals surface area contributed by atoms with E-state index in [4.69, 9.17) is 48.9 Å². The van der Waals surface area contributed by atoms with Gasteiger partial charge in [0.25, 0.3) is 11.6 Å².